The van der Waals surface area contributed by atoms with Crippen molar-refractivity contribution in [1.82, 2.24) is 0 Å². The van der Waals surface area contributed by atoms with E-state index < -0.39 is 4.83 Å². The van der Waals surface area contributed by atoms with Crippen molar-refractivity contribution in [2.75, 3.05) is 7.11 Å². The van der Waals surface area contributed by atoms with E-state index in [4.69, 9.17) is 0 Å². The number of ether oxygens (including phenoxy) is 1. The van der Waals surface area contributed by atoms with Crippen LogP contribution >= 0.6 is 15.9 Å². The molecule has 0 amide bonds. The van der Waals surface area contributed by atoms with Crippen molar-refractivity contribution >= 4 is 27.7 Å². The maximum absolute atomic E-state index is 10.5. The maximum atomic E-state index is 10.5. The first-order valence-corrected chi connectivity index (χ1v) is 3.70. The average molecular weight is 209 g/mol. The highest BCUT2D eigenvalue weighted by molar-refractivity contribution is 9.10. The molecule has 0 aliphatic heterocycles. The van der Waals surface area contributed by atoms with Crippen molar-refractivity contribution in [2.24, 2.45) is 0 Å². The summed E-state index contributed by atoms with van der Waals surface area (Å²) in [7, 11) is 1.29. The van der Waals surface area contributed by atoms with Crippen LogP contribution < -0.4 is 0 Å². The van der Waals surface area contributed by atoms with Crippen molar-refractivity contribution in [3.63, 3.8) is 0 Å². The van der Waals surface area contributed by atoms with E-state index in [1.807, 2.05) is 0 Å². The molecular formula is C6H9BrO3. The first-order valence-electron chi connectivity index (χ1n) is 2.79. The van der Waals surface area contributed by atoms with Gasteiger partial charge in [0.1, 0.15) is 5.78 Å². The second kappa shape index (κ2) is 4.44. The number of carbonyl (C=O) groups is 2. The van der Waals surface area contributed by atoms with Gasteiger partial charge < -0.3 is 4.74 Å². The number of hydrogen-bond donors (Lipinski definition) is 0. The summed E-state index contributed by atoms with van der Waals surface area (Å²) in [6.45, 7) is 1.42. The maximum Gasteiger partial charge on any atom is 0.307 e. The zero-order chi connectivity index (χ0) is 8.15. The molecule has 1 atom stereocenters. The van der Waals surface area contributed by atoms with Crippen LogP contribution in [0.15, 0.2) is 0 Å². The van der Waals surface area contributed by atoms with Gasteiger partial charge in [0.15, 0.2) is 0 Å². The molecule has 10 heavy (non-hydrogen) atoms. The SMILES string of the molecule is COC(=O)C[C@@H](Br)C(C)=O. The van der Waals surface area contributed by atoms with Gasteiger partial charge in [-0.1, -0.05) is 15.9 Å². The highest BCUT2D eigenvalue weighted by Gasteiger charge is 2.14. The summed E-state index contributed by atoms with van der Waals surface area (Å²) in [6, 6.07) is 0. The number of ketones is 1. The predicted octanol–water partition coefficient (Wildman–Crippen LogP) is 0.902. The van der Waals surface area contributed by atoms with Crippen LogP contribution in [0.25, 0.3) is 0 Å². The molecule has 58 valence electrons. The van der Waals surface area contributed by atoms with Crippen molar-refractivity contribution < 1.29 is 14.3 Å². The molecular weight excluding hydrogens is 200 g/mol. The summed E-state index contributed by atoms with van der Waals surface area (Å²) in [4.78, 5) is 20.7. The lowest BCUT2D eigenvalue weighted by molar-refractivity contribution is -0.141. The van der Waals surface area contributed by atoms with E-state index in [9.17, 15) is 9.59 Å². The predicted molar refractivity (Wildman–Crippen MR) is 40.0 cm³/mol. The Morgan fingerprint density at radius 3 is 2.40 bits per heavy atom. The van der Waals surface area contributed by atoms with E-state index >= 15 is 0 Å². The fraction of sp³-hybridized carbons (Fsp3) is 0.667. The number of rotatable bonds is 3. The third kappa shape index (κ3) is 3.61. The molecule has 0 saturated carbocycles. The Morgan fingerprint density at radius 1 is 1.60 bits per heavy atom. The Hall–Kier alpha value is -0.380. The zero-order valence-corrected chi connectivity index (χ0v) is 7.47. The molecule has 0 bridgehead atoms. The van der Waals surface area contributed by atoms with Gasteiger partial charge in [0, 0.05) is 0 Å². The van der Waals surface area contributed by atoms with Gasteiger partial charge in [-0.2, -0.15) is 0 Å². The molecule has 4 heteroatoms. The Balaban J connectivity index is 3.68. The van der Waals surface area contributed by atoms with Crippen molar-refractivity contribution in [2.45, 2.75) is 18.2 Å². The Kier molecular flexibility index (Phi) is 4.27. The molecule has 0 radical (unpaired) electrons. The van der Waals surface area contributed by atoms with Crippen LogP contribution in [0.3, 0.4) is 0 Å². The van der Waals surface area contributed by atoms with Crippen molar-refractivity contribution in [3.8, 4) is 0 Å². The number of esters is 1. The van der Waals surface area contributed by atoms with Gasteiger partial charge in [-0.3, -0.25) is 9.59 Å². The largest absolute Gasteiger partial charge is 0.469 e. The third-order valence-corrected chi connectivity index (χ3v) is 1.98. The van der Waals surface area contributed by atoms with E-state index in [1.165, 1.54) is 14.0 Å². The third-order valence-electron chi connectivity index (χ3n) is 1.01. The van der Waals surface area contributed by atoms with Gasteiger partial charge in [-0.05, 0) is 6.92 Å². The van der Waals surface area contributed by atoms with Crippen LogP contribution in [-0.4, -0.2) is 23.7 Å². The minimum absolute atomic E-state index is 0.0644. The first kappa shape index (κ1) is 9.62. The summed E-state index contributed by atoms with van der Waals surface area (Å²) in [6.07, 6.45) is 0.103. The highest BCUT2D eigenvalue weighted by atomic mass is 79.9. The molecule has 0 N–H and O–H groups in total. The van der Waals surface area contributed by atoms with Gasteiger partial charge in [-0.15, -0.1) is 0 Å². The van der Waals surface area contributed by atoms with Crippen molar-refractivity contribution in [3.05, 3.63) is 0 Å². The van der Waals surface area contributed by atoms with Crippen LogP contribution in [-0.2, 0) is 14.3 Å². The molecule has 0 spiro atoms. The number of methoxy groups -OCH3 is 1. The average Bonchev–Trinajstić information content (AvgIpc) is 1.87. The summed E-state index contributed by atoms with van der Waals surface area (Å²) < 4.78 is 4.35. The smallest absolute Gasteiger partial charge is 0.307 e. The summed E-state index contributed by atoms with van der Waals surface area (Å²) in [5, 5.41) is 0. The summed E-state index contributed by atoms with van der Waals surface area (Å²) in [5.41, 5.74) is 0. The van der Waals surface area contributed by atoms with Crippen LogP contribution in [0.1, 0.15) is 13.3 Å². The normalized spacial score (nSPS) is 12.3. The fourth-order valence-corrected chi connectivity index (χ4v) is 0.638. The van der Waals surface area contributed by atoms with E-state index in [0.717, 1.165) is 0 Å². The number of carbonyl (C=O) groups excluding carboxylic acids is 2. The standard InChI is InChI=1S/C6H9BrO3/c1-4(8)5(7)3-6(9)10-2/h5H,3H2,1-2H3/t5-/m1/s1. The number of halogens is 1. The molecule has 0 saturated heterocycles. The minimum atomic E-state index is -0.403. The lowest BCUT2D eigenvalue weighted by Gasteiger charge is -2.01. The number of Topliss-reactive ketones (excluding diaryl/α,β-unsaturated/α-hetero) is 1. The molecule has 0 aromatic rings. The lowest BCUT2D eigenvalue weighted by Crippen LogP contribution is -2.15. The first-order chi connectivity index (χ1) is 4.57. The highest BCUT2D eigenvalue weighted by Crippen LogP contribution is 2.06. The molecule has 0 heterocycles. The van der Waals surface area contributed by atoms with Crippen LogP contribution in [0.2, 0.25) is 0 Å². The van der Waals surface area contributed by atoms with Gasteiger partial charge in [0.25, 0.3) is 0 Å². The Morgan fingerprint density at radius 2 is 2.10 bits per heavy atom. The van der Waals surface area contributed by atoms with Gasteiger partial charge >= 0.3 is 5.97 Å². The van der Waals surface area contributed by atoms with Crippen molar-refractivity contribution in [1.29, 1.82) is 0 Å². The molecule has 0 aromatic carbocycles. The second-order valence-electron chi connectivity index (χ2n) is 1.86. The van der Waals surface area contributed by atoms with E-state index in [-0.39, 0.29) is 18.2 Å². The zero-order valence-electron chi connectivity index (χ0n) is 5.89. The molecule has 0 fully saturated rings. The topological polar surface area (TPSA) is 43.4 Å². The fourth-order valence-electron chi connectivity index (χ4n) is 0.373. The molecule has 3 nitrogen and oxygen atoms in total. The molecule has 0 rings (SSSR count). The Labute approximate surface area is 67.9 Å². The van der Waals surface area contributed by atoms with Crippen LogP contribution in [0.4, 0.5) is 0 Å². The lowest BCUT2D eigenvalue weighted by atomic mass is 10.2. The molecule has 0 aromatic heterocycles. The Bertz CT molecular complexity index is 144. The van der Waals surface area contributed by atoms with Gasteiger partial charge in [0.2, 0.25) is 0 Å². The monoisotopic (exact) mass is 208 g/mol. The van der Waals surface area contributed by atoms with Gasteiger partial charge in [-0.25, -0.2) is 0 Å². The summed E-state index contributed by atoms with van der Waals surface area (Å²) >= 11 is 3.03. The van der Waals surface area contributed by atoms with E-state index in [0.29, 0.717) is 0 Å². The molecule has 0 unspecified atom stereocenters. The van der Waals surface area contributed by atoms with Crippen LogP contribution in [0.5, 0.6) is 0 Å². The minimum Gasteiger partial charge on any atom is -0.469 e. The second-order valence-corrected chi connectivity index (χ2v) is 2.96. The van der Waals surface area contributed by atoms with Crippen LogP contribution in [0, 0.1) is 0 Å². The quantitative estimate of drug-likeness (QED) is 0.512. The number of alkyl halides is 1. The number of hydrogen-bond acceptors (Lipinski definition) is 3. The molecule has 0 aliphatic rings. The molecule has 0 aliphatic carbocycles. The van der Waals surface area contributed by atoms with E-state index in [1.54, 1.807) is 0 Å². The van der Waals surface area contributed by atoms with Gasteiger partial charge in [0.05, 0.1) is 18.4 Å². The summed E-state index contributed by atoms with van der Waals surface area (Å²) in [5.74, 6) is -0.442. The van der Waals surface area contributed by atoms with E-state index in [2.05, 4.69) is 20.7 Å².